The largest absolute Gasteiger partial charge is 0.282 e. The quantitative estimate of drug-likeness (QED) is 0.320. The number of terminal acetylenes is 1. The predicted octanol–water partition coefficient (Wildman–Crippen LogP) is 2.32. The van der Waals surface area contributed by atoms with Crippen LogP contribution in [0.1, 0.15) is 0 Å². The first-order chi connectivity index (χ1) is 6.25. The number of rotatable bonds is 3. The molecule has 0 heterocycles. The molecule has 0 saturated carbocycles. The molecule has 0 amide bonds. The lowest BCUT2D eigenvalue weighted by Gasteiger charge is -1.98. The molecule has 1 aromatic carbocycles. The molecule has 0 bridgehead atoms. The molecule has 66 valence electrons. The van der Waals surface area contributed by atoms with Gasteiger partial charge in [-0.25, -0.2) is 0 Å². The van der Waals surface area contributed by atoms with E-state index >= 15 is 0 Å². The van der Waals surface area contributed by atoms with Gasteiger partial charge in [0.1, 0.15) is 0 Å². The first-order valence-corrected chi connectivity index (χ1v) is 4.54. The summed E-state index contributed by atoms with van der Waals surface area (Å²) in [6, 6.07) is 6.56. The molecular formula is C9H7NO2S. The molecule has 0 aliphatic rings. The summed E-state index contributed by atoms with van der Waals surface area (Å²) in [6.45, 7) is 0. The van der Waals surface area contributed by atoms with Gasteiger partial charge in [-0.3, -0.25) is 10.1 Å². The minimum atomic E-state index is -0.404. The zero-order valence-electron chi connectivity index (χ0n) is 6.77. The third-order valence-corrected chi connectivity index (χ3v) is 2.34. The van der Waals surface area contributed by atoms with Crippen LogP contribution >= 0.6 is 11.8 Å². The van der Waals surface area contributed by atoms with Gasteiger partial charge in [0.15, 0.2) is 0 Å². The van der Waals surface area contributed by atoms with Crippen LogP contribution in [0.2, 0.25) is 0 Å². The molecular weight excluding hydrogens is 186 g/mol. The van der Waals surface area contributed by atoms with Gasteiger partial charge in [0.05, 0.1) is 15.6 Å². The maximum absolute atomic E-state index is 10.5. The van der Waals surface area contributed by atoms with Crippen LogP contribution in [-0.2, 0) is 0 Å². The molecule has 0 fully saturated rings. The minimum Gasteiger partial charge on any atom is -0.258 e. The van der Waals surface area contributed by atoms with E-state index in [1.165, 1.54) is 17.8 Å². The average Bonchev–Trinajstić information content (AvgIpc) is 2.15. The fourth-order valence-corrected chi connectivity index (χ4v) is 1.55. The Morgan fingerprint density at radius 1 is 1.54 bits per heavy atom. The van der Waals surface area contributed by atoms with E-state index in [-0.39, 0.29) is 5.69 Å². The summed E-state index contributed by atoms with van der Waals surface area (Å²) in [4.78, 5) is 10.7. The molecule has 0 spiro atoms. The molecule has 0 aliphatic heterocycles. The fourth-order valence-electron chi connectivity index (χ4n) is 0.849. The number of para-hydroxylation sites is 1. The highest BCUT2D eigenvalue weighted by atomic mass is 32.2. The highest BCUT2D eigenvalue weighted by Crippen LogP contribution is 2.27. The van der Waals surface area contributed by atoms with Crippen molar-refractivity contribution in [3.8, 4) is 12.3 Å². The van der Waals surface area contributed by atoms with Crippen LogP contribution in [0.5, 0.6) is 0 Å². The van der Waals surface area contributed by atoms with E-state index in [0.29, 0.717) is 10.6 Å². The molecule has 4 heteroatoms. The van der Waals surface area contributed by atoms with Gasteiger partial charge in [0.2, 0.25) is 0 Å². The maximum atomic E-state index is 10.5. The molecule has 0 radical (unpaired) electrons. The molecule has 0 aliphatic carbocycles. The highest BCUT2D eigenvalue weighted by molar-refractivity contribution is 7.99. The van der Waals surface area contributed by atoms with Crippen LogP contribution < -0.4 is 0 Å². The van der Waals surface area contributed by atoms with Crippen molar-refractivity contribution in [3.05, 3.63) is 34.4 Å². The van der Waals surface area contributed by atoms with Crippen molar-refractivity contribution >= 4 is 17.4 Å². The zero-order chi connectivity index (χ0) is 9.68. The molecule has 0 saturated heterocycles. The number of nitrogens with zero attached hydrogens (tertiary/aromatic N) is 1. The van der Waals surface area contributed by atoms with Crippen LogP contribution in [-0.4, -0.2) is 10.7 Å². The number of benzene rings is 1. The van der Waals surface area contributed by atoms with E-state index in [0.717, 1.165) is 0 Å². The predicted molar refractivity (Wildman–Crippen MR) is 52.7 cm³/mol. The summed E-state index contributed by atoms with van der Waals surface area (Å²) in [7, 11) is 0. The van der Waals surface area contributed by atoms with Gasteiger partial charge in [0, 0.05) is 6.07 Å². The number of hydrogen-bond acceptors (Lipinski definition) is 3. The van der Waals surface area contributed by atoms with Gasteiger partial charge in [-0.05, 0) is 6.07 Å². The van der Waals surface area contributed by atoms with Crippen LogP contribution in [0.15, 0.2) is 29.2 Å². The normalized spacial score (nSPS) is 9.15. The summed E-state index contributed by atoms with van der Waals surface area (Å²) in [6.07, 6.45) is 5.06. The molecule has 0 atom stereocenters. The Balaban J connectivity index is 2.92. The fraction of sp³-hybridized carbons (Fsp3) is 0.111. The number of hydrogen-bond donors (Lipinski definition) is 0. The van der Waals surface area contributed by atoms with Gasteiger partial charge < -0.3 is 0 Å². The van der Waals surface area contributed by atoms with Gasteiger partial charge in [-0.15, -0.1) is 18.2 Å². The Morgan fingerprint density at radius 3 is 2.85 bits per heavy atom. The Hall–Kier alpha value is -1.47. The van der Waals surface area contributed by atoms with Crippen molar-refractivity contribution in [2.75, 3.05) is 5.75 Å². The van der Waals surface area contributed by atoms with Crippen molar-refractivity contribution in [2.45, 2.75) is 4.90 Å². The monoisotopic (exact) mass is 193 g/mol. The van der Waals surface area contributed by atoms with Gasteiger partial charge >= 0.3 is 0 Å². The van der Waals surface area contributed by atoms with Crippen LogP contribution in [0.4, 0.5) is 5.69 Å². The lowest BCUT2D eigenvalue weighted by Crippen LogP contribution is -1.90. The number of nitro benzene ring substituents is 1. The first kappa shape index (κ1) is 9.62. The van der Waals surface area contributed by atoms with Crippen molar-refractivity contribution in [3.63, 3.8) is 0 Å². The summed E-state index contributed by atoms with van der Waals surface area (Å²) in [5.74, 6) is 2.87. The summed E-state index contributed by atoms with van der Waals surface area (Å²) in [5, 5.41) is 10.5. The molecule has 13 heavy (non-hydrogen) atoms. The molecule has 3 nitrogen and oxygen atoms in total. The molecule has 0 unspecified atom stereocenters. The summed E-state index contributed by atoms with van der Waals surface area (Å²) < 4.78 is 0. The Kier molecular flexibility index (Phi) is 3.35. The van der Waals surface area contributed by atoms with Crippen molar-refractivity contribution in [1.82, 2.24) is 0 Å². The van der Waals surface area contributed by atoms with Crippen molar-refractivity contribution < 1.29 is 4.92 Å². The third-order valence-electron chi connectivity index (χ3n) is 1.37. The topological polar surface area (TPSA) is 43.1 Å². The van der Waals surface area contributed by atoms with Crippen LogP contribution in [0.3, 0.4) is 0 Å². The zero-order valence-corrected chi connectivity index (χ0v) is 7.58. The minimum absolute atomic E-state index is 0.114. The van der Waals surface area contributed by atoms with Gasteiger partial charge in [-0.1, -0.05) is 18.1 Å². The third kappa shape index (κ3) is 2.49. The molecule has 1 rings (SSSR count). The van der Waals surface area contributed by atoms with E-state index in [9.17, 15) is 10.1 Å². The van der Waals surface area contributed by atoms with Crippen molar-refractivity contribution in [2.24, 2.45) is 0 Å². The Morgan fingerprint density at radius 2 is 2.23 bits per heavy atom. The van der Waals surface area contributed by atoms with Crippen LogP contribution in [0.25, 0.3) is 0 Å². The summed E-state index contributed by atoms with van der Waals surface area (Å²) >= 11 is 1.30. The Labute approximate surface area is 80.3 Å². The van der Waals surface area contributed by atoms with E-state index in [1.807, 2.05) is 0 Å². The van der Waals surface area contributed by atoms with Gasteiger partial charge in [-0.2, -0.15) is 0 Å². The maximum Gasteiger partial charge on any atom is 0.282 e. The van der Waals surface area contributed by atoms with E-state index in [1.54, 1.807) is 18.2 Å². The van der Waals surface area contributed by atoms with E-state index < -0.39 is 4.92 Å². The van der Waals surface area contributed by atoms with E-state index in [4.69, 9.17) is 6.42 Å². The van der Waals surface area contributed by atoms with Crippen LogP contribution in [0, 0.1) is 22.5 Å². The smallest absolute Gasteiger partial charge is 0.258 e. The lowest BCUT2D eigenvalue weighted by molar-refractivity contribution is -0.387. The number of thioether (sulfide) groups is 1. The number of nitro groups is 1. The molecule has 1 aromatic rings. The molecule has 0 N–H and O–H groups in total. The lowest BCUT2D eigenvalue weighted by atomic mass is 10.3. The SMILES string of the molecule is C#CCSc1ccccc1[N+](=O)[O-]. The summed E-state index contributed by atoms with van der Waals surface area (Å²) in [5.41, 5.74) is 0.114. The standard InChI is InChI=1S/C9H7NO2S/c1-2-7-13-9-6-4-3-5-8(9)10(11)12/h1,3-6H,7H2. The van der Waals surface area contributed by atoms with E-state index in [2.05, 4.69) is 5.92 Å². The Bertz CT molecular complexity index is 357. The second kappa shape index (κ2) is 4.53. The van der Waals surface area contributed by atoms with Crippen molar-refractivity contribution in [1.29, 1.82) is 0 Å². The molecule has 0 aromatic heterocycles. The first-order valence-electron chi connectivity index (χ1n) is 3.55. The second-order valence-electron chi connectivity index (χ2n) is 2.22. The highest BCUT2D eigenvalue weighted by Gasteiger charge is 2.11. The second-order valence-corrected chi connectivity index (χ2v) is 3.23. The average molecular weight is 193 g/mol. The van der Waals surface area contributed by atoms with Gasteiger partial charge in [0.25, 0.3) is 5.69 Å².